The molecule has 1 fully saturated rings. The summed E-state index contributed by atoms with van der Waals surface area (Å²) in [6.07, 6.45) is 0.510. The lowest BCUT2D eigenvalue weighted by Gasteiger charge is -2.26. The van der Waals surface area contributed by atoms with Gasteiger partial charge in [-0.2, -0.15) is 0 Å². The highest BCUT2D eigenvalue weighted by molar-refractivity contribution is 6.08. The summed E-state index contributed by atoms with van der Waals surface area (Å²) in [6, 6.07) is 18.1. The summed E-state index contributed by atoms with van der Waals surface area (Å²) in [6.45, 7) is 5.31. The van der Waals surface area contributed by atoms with Crippen LogP contribution in [0.1, 0.15) is 27.2 Å². The van der Waals surface area contributed by atoms with E-state index < -0.39 is 17.5 Å². The van der Waals surface area contributed by atoms with Crippen molar-refractivity contribution in [1.82, 2.24) is 15.6 Å². The molecule has 0 aliphatic carbocycles. The average Bonchev–Trinajstić information content (AvgIpc) is 2.89. The van der Waals surface area contributed by atoms with Crippen molar-refractivity contribution in [2.24, 2.45) is 5.92 Å². The zero-order chi connectivity index (χ0) is 21.0. The predicted molar refractivity (Wildman–Crippen MR) is 111 cm³/mol. The number of anilines is 2. The van der Waals surface area contributed by atoms with Crippen molar-refractivity contribution in [3.8, 4) is 0 Å². The first-order valence-electron chi connectivity index (χ1n) is 9.64. The number of benzene rings is 2. The van der Waals surface area contributed by atoms with Gasteiger partial charge in [0, 0.05) is 0 Å². The van der Waals surface area contributed by atoms with Crippen molar-refractivity contribution in [2.75, 3.05) is 11.6 Å². The highest BCUT2D eigenvalue weighted by Gasteiger charge is 2.48. The van der Waals surface area contributed by atoms with Gasteiger partial charge < -0.3 is 5.32 Å². The number of carbonyl (C=O) groups is 3. The second kappa shape index (κ2) is 8.34. The minimum absolute atomic E-state index is 0.227. The number of nitrogens with zero attached hydrogens (tertiary/aromatic N) is 2. The lowest BCUT2D eigenvalue weighted by molar-refractivity contribution is -0.135. The van der Waals surface area contributed by atoms with Crippen molar-refractivity contribution in [1.29, 1.82) is 0 Å². The van der Waals surface area contributed by atoms with E-state index in [2.05, 4.69) is 10.7 Å². The molecule has 2 N–H and O–H groups in total. The Labute approximate surface area is 170 Å². The predicted octanol–water partition coefficient (Wildman–Crippen LogP) is 3.21. The van der Waals surface area contributed by atoms with Crippen molar-refractivity contribution >= 4 is 29.2 Å². The summed E-state index contributed by atoms with van der Waals surface area (Å²) < 4.78 is 0. The first-order valence-corrected chi connectivity index (χ1v) is 9.64. The third-order valence-electron chi connectivity index (χ3n) is 4.73. The van der Waals surface area contributed by atoms with E-state index in [1.807, 2.05) is 74.5 Å². The number of urea groups is 1. The zero-order valence-corrected chi connectivity index (χ0v) is 16.9. The van der Waals surface area contributed by atoms with Gasteiger partial charge in [0.15, 0.2) is 0 Å². The van der Waals surface area contributed by atoms with Gasteiger partial charge in [0.05, 0.1) is 11.4 Å². The molecular weight excluding hydrogens is 368 g/mol. The SMILES string of the molecule is CC(C)CC1(C)NC(=O)N(CC(=O)NN(c2ccccc2)c2ccccc2)C1=O. The largest absolute Gasteiger partial charge is 0.325 e. The molecule has 0 saturated carbocycles. The molecule has 152 valence electrons. The molecule has 2 aromatic carbocycles. The number of hydrogen-bond acceptors (Lipinski definition) is 4. The highest BCUT2D eigenvalue weighted by Crippen LogP contribution is 2.25. The Kier molecular flexibility index (Phi) is 5.87. The lowest BCUT2D eigenvalue weighted by atomic mass is 9.91. The summed E-state index contributed by atoms with van der Waals surface area (Å²) in [7, 11) is 0. The number of imide groups is 1. The van der Waals surface area contributed by atoms with Crippen LogP contribution in [-0.2, 0) is 9.59 Å². The van der Waals surface area contributed by atoms with Gasteiger partial charge in [0.2, 0.25) is 0 Å². The maximum absolute atomic E-state index is 12.8. The summed E-state index contributed by atoms with van der Waals surface area (Å²) in [5, 5.41) is 4.36. The molecule has 1 aliphatic heterocycles. The summed E-state index contributed by atoms with van der Waals surface area (Å²) in [4.78, 5) is 38.9. The van der Waals surface area contributed by atoms with Crippen LogP contribution < -0.4 is 15.8 Å². The Morgan fingerprint density at radius 2 is 1.55 bits per heavy atom. The standard InChI is InChI=1S/C22H26N4O3/c1-16(2)14-22(3)20(28)25(21(29)23-22)15-19(27)24-26(17-10-6-4-7-11-17)18-12-8-5-9-13-18/h4-13,16H,14-15H2,1-3H3,(H,23,29)(H,24,27). The van der Waals surface area contributed by atoms with Crippen LogP contribution >= 0.6 is 0 Å². The van der Waals surface area contributed by atoms with Gasteiger partial charge in [-0.25, -0.2) is 4.79 Å². The molecule has 1 saturated heterocycles. The van der Waals surface area contributed by atoms with Crippen LogP contribution in [0.3, 0.4) is 0 Å². The van der Waals surface area contributed by atoms with E-state index in [9.17, 15) is 14.4 Å². The van der Waals surface area contributed by atoms with Crippen LogP contribution in [0.4, 0.5) is 16.2 Å². The Morgan fingerprint density at radius 1 is 1.03 bits per heavy atom. The quantitative estimate of drug-likeness (QED) is 0.558. The topological polar surface area (TPSA) is 81.8 Å². The zero-order valence-electron chi connectivity index (χ0n) is 16.9. The number of rotatable bonds is 7. The van der Waals surface area contributed by atoms with Gasteiger partial charge in [-0.15, -0.1) is 0 Å². The fraction of sp³-hybridized carbons (Fsp3) is 0.318. The van der Waals surface area contributed by atoms with Crippen LogP contribution in [-0.4, -0.2) is 34.8 Å². The Hall–Kier alpha value is -3.35. The fourth-order valence-electron chi connectivity index (χ4n) is 3.58. The van der Waals surface area contributed by atoms with Crippen LogP contribution in [0.25, 0.3) is 0 Å². The third kappa shape index (κ3) is 4.56. The van der Waals surface area contributed by atoms with E-state index in [1.54, 1.807) is 11.9 Å². The van der Waals surface area contributed by atoms with E-state index in [1.165, 1.54) is 0 Å². The average molecular weight is 394 g/mol. The van der Waals surface area contributed by atoms with Crippen molar-refractivity contribution in [2.45, 2.75) is 32.7 Å². The molecule has 1 heterocycles. The molecule has 1 unspecified atom stereocenters. The number of amides is 4. The van der Waals surface area contributed by atoms with Crippen molar-refractivity contribution < 1.29 is 14.4 Å². The normalized spacial score (nSPS) is 18.7. The smallest absolute Gasteiger partial charge is 0.323 e. The summed E-state index contributed by atoms with van der Waals surface area (Å²) in [5.41, 5.74) is 3.34. The first-order chi connectivity index (χ1) is 13.8. The summed E-state index contributed by atoms with van der Waals surface area (Å²) >= 11 is 0. The Morgan fingerprint density at radius 3 is 2.03 bits per heavy atom. The molecule has 2 aromatic rings. The summed E-state index contributed by atoms with van der Waals surface area (Å²) in [5.74, 6) is -0.614. The molecule has 29 heavy (non-hydrogen) atoms. The van der Waals surface area contributed by atoms with Gasteiger partial charge in [-0.1, -0.05) is 50.2 Å². The van der Waals surface area contributed by atoms with Gasteiger partial charge in [-0.3, -0.25) is 24.9 Å². The van der Waals surface area contributed by atoms with Crippen molar-refractivity contribution in [3.63, 3.8) is 0 Å². The maximum atomic E-state index is 12.8. The van der Waals surface area contributed by atoms with E-state index >= 15 is 0 Å². The monoisotopic (exact) mass is 394 g/mol. The van der Waals surface area contributed by atoms with Gasteiger partial charge in [0.1, 0.15) is 12.1 Å². The number of carbonyl (C=O) groups excluding carboxylic acids is 3. The Balaban J connectivity index is 1.76. The van der Waals surface area contributed by atoms with Crippen LogP contribution in [0.5, 0.6) is 0 Å². The molecule has 1 aliphatic rings. The molecule has 7 heteroatoms. The number of hydrazine groups is 1. The van der Waals surface area contributed by atoms with Gasteiger partial charge in [-0.05, 0) is 43.5 Å². The highest BCUT2D eigenvalue weighted by atomic mass is 16.2. The number of hydrogen-bond donors (Lipinski definition) is 2. The Bertz CT molecular complexity index is 846. The van der Waals surface area contributed by atoms with Gasteiger partial charge >= 0.3 is 6.03 Å². The molecule has 4 amide bonds. The van der Waals surface area contributed by atoms with E-state index in [0.29, 0.717) is 6.42 Å². The number of para-hydroxylation sites is 2. The molecule has 0 bridgehead atoms. The number of nitrogens with one attached hydrogen (secondary N) is 2. The first kappa shape index (κ1) is 20.4. The van der Waals surface area contributed by atoms with Crippen molar-refractivity contribution in [3.05, 3.63) is 60.7 Å². The minimum atomic E-state index is -0.982. The van der Waals surface area contributed by atoms with Crippen LogP contribution in [0.2, 0.25) is 0 Å². The molecule has 3 rings (SSSR count). The molecule has 0 aromatic heterocycles. The van der Waals surface area contributed by atoms with Crippen LogP contribution in [0, 0.1) is 5.92 Å². The lowest BCUT2D eigenvalue weighted by Crippen LogP contribution is -2.48. The van der Waals surface area contributed by atoms with E-state index in [-0.39, 0.29) is 18.4 Å². The molecule has 7 nitrogen and oxygen atoms in total. The van der Waals surface area contributed by atoms with Gasteiger partial charge in [0.25, 0.3) is 11.8 Å². The molecule has 0 radical (unpaired) electrons. The van der Waals surface area contributed by atoms with E-state index in [0.717, 1.165) is 16.3 Å². The maximum Gasteiger partial charge on any atom is 0.325 e. The molecular formula is C22H26N4O3. The fourth-order valence-corrected chi connectivity index (χ4v) is 3.58. The second-order valence-electron chi connectivity index (χ2n) is 7.79. The molecule has 0 spiro atoms. The third-order valence-corrected chi connectivity index (χ3v) is 4.73. The molecule has 1 atom stereocenters. The van der Waals surface area contributed by atoms with E-state index in [4.69, 9.17) is 0 Å². The minimum Gasteiger partial charge on any atom is -0.323 e. The van der Waals surface area contributed by atoms with Crippen LogP contribution in [0.15, 0.2) is 60.7 Å². The second-order valence-corrected chi connectivity index (χ2v) is 7.79.